The first-order chi connectivity index (χ1) is 12.8. The molecule has 2 aliphatic carbocycles. The van der Waals surface area contributed by atoms with Gasteiger partial charge in [-0.15, -0.1) is 11.3 Å². The van der Waals surface area contributed by atoms with Crippen molar-refractivity contribution in [2.75, 3.05) is 5.32 Å². The first-order valence-electron chi connectivity index (χ1n) is 8.50. The number of allylic oxidation sites excluding steroid dienone is 2. The van der Waals surface area contributed by atoms with Crippen LogP contribution in [-0.4, -0.2) is 22.0 Å². The number of carbonyl (C=O) groups is 2. The summed E-state index contributed by atoms with van der Waals surface area (Å²) in [5.74, 6) is -2.54. The molecule has 1 aromatic carbocycles. The van der Waals surface area contributed by atoms with E-state index >= 15 is 0 Å². The normalized spacial score (nSPS) is 25.7. The quantitative estimate of drug-likeness (QED) is 0.687. The Morgan fingerprint density at radius 1 is 1.22 bits per heavy atom. The number of hydrogen-bond donors (Lipinski definition) is 2. The summed E-state index contributed by atoms with van der Waals surface area (Å²) in [7, 11) is 0. The minimum atomic E-state index is -0.920. The number of halogens is 2. The Hall–Kier alpha value is -1.89. The summed E-state index contributed by atoms with van der Waals surface area (Å²) in [5.41, 5.74) is 1.42. The second-order valence-corrected chi connectivity index (χ2v) is 8.92. The number of benzene rings is 1. The molecule has 27 heavy (non-hydrogen) atoms. The van der Waals surface area contributed by atoms with Gasteiger partial charge in [0.2, 0.25) is 5.91 Å². The fourth-order valence-electron chi connectivity index (χ4n) is 4.09. The largest absolute Gasteiger partial charge is 0.481 e. The number of carboxylic acid groups (broad SMARTS) is 1. The summed E-state index contributed by atoms with van der Waals surface area (Å²) < 4.78 is 0. The molecule has 1 amide bonds. The SMILES string of the molecule is Cc1sc(NC(=O)C2C3C=CC(C3)C2C(=O)O)nc1-c1ccc(Cl)cc1Cl. The van der Waals surface area contributed by atoms with E-state index in [0.717, 1.165) is 16.9 Å². The number of nitrogens with one attached hydrogen (secondary N) is 1. The van der Waals surface area contributed by atoms with Crippen LogP contribution in [0.5, 0.6) is 0 Å². The van der Waals surface area contributed by atoms with Crippen molar-refractivity contribution in [1.29, 1.82) is 0 Å². The van der Waals surface area contributed by atoms with Gasteiger partial charge in [0.15, 0.2) is 5.13 Å². The van der Waals surface area contributed by atoms with Crippen molar-refractivity contribution in [1.82, 2.24) is 4.98 Å². The maximum absolute atomic E-state index is 12.8. The molecule has 0 aliphatic heterocycles. The van der Waals surface area contributed by atoms with Crippen LogP contribution in [0, 0.1) is 30.6 Å². The highest BCUT2D eigenvalue weighted by atomic mass is 35.5. The lowest BCUT2D eigenvalue weighted by molar-refractivity contribution is -0.146. The Morgan fingerprint density at radius 2 is 1.93 bits per heavy atom. The maximum atomic E-state index is 12.8. The summed E-state index contributed by atoms with van der Waals surface area (Å²) in [5, 5.41) is 13.8. The van der Waals surface area contributed by atoms with Crippen molar-refractivity contribution in [3.8, 4) is 11.3 Å². The van der Waals surface area contributed by atoms with Crippen LogP contribution in [-0.2, 0) is 9.59 Å². The van der Waals surface area contributed by atoms with Gasteiger partial charge in [0.05, 0.1) is 22.6 Å². The van der Waals surface area contributed by atoms with Crippen LogP contribution >= 0.6 is 34.5 Å². The fraction of sp³-hybridized carbons (Fsp3) is 0.316. The van der Waals surface area contributed by atoms with E-state index in [4.69, 9.17) is 23.2 Å². The molecular weight excluding hydrogens is 407 g/mol. The molecule has 0 radical (unpaired) electrons. The molecule has 4 unspecified atom stereocenters. The van der Waals surface area contributed by atoms with Gasteiger partial charge in [-0.2, -0.15) is 0 Å². The molecule has 2 aliphatic rings. The van der Waals surface area contributed by atoms with Crippen molar-refractivity contribution in [3.63, 3.8) is 0 Å². The highest BCUT2D eigenvalue weighted by Gasteiger charge is 2.51. The van der Waals surface area contributed by atoms with E-state index in [1.807, 2.05) is 19.1 Å². The van der Waals surface area contributed by atoms with Gasteiger partial charge in [-0.05, 0) is 43.4 Å². The monoisotopic (exact) mass is 422 g/mol. The Morgan fingerprint density at radius 3 is 2.59 bits per heavy atom. The van der Waals surface area contributed by atoms with Crippen molar-refractivity contribution < 1.29 is 14.7 Å². The van der Waals surface area contributed by atoms with Gasteiger partial charge >= 0.3 is 5.97 Å². The van der Waals surface area contributed by atoms with Crippen molar-refractivity contribution in [2.45, 2.75) is 13.3 Å². The van der Waals surface area contributed by atoms with Crippen LogP contribution < -0.4 is 5.32 Å². The number of hydrogen-bond acceptors (Lipinski definition) is 4. The minimum absolute atomic E-state index is 0.0256. The molecule has 2 aromatic rings. The number of aliphatic carboxylic acids is 1. The third kappa shape index (κ3) is 3.26. The predicted molar refractivity (Wildman–Crippen MR) is 106 cm³/mol. The molecule has 4 atom stereocenters. The van der Waals surface area contributed by atoms with Crippen LogP contribution in [0.3, 0.4) is 0 Å². The number of fused-ring (bicyclic) bond motifs is 2. The third-order valence-electron chi connectivity index (χ3n) is 5.26. The highest BCUT2D eigenvalue weighted by molar-refractivity contribution is 7.16. The van der Waals surface area contributed by atoms with Crippen molar-refractivity contribution >= 4 is 51.5 Å². The molecule has 0 saturated heterocycles. The summed E-state index contributed by atoms with van der Waals surface area (Å²) in [6.45, 7) is 1.90. The van der Waals surface area contributed by atoms with E-state index in [1.165, 1.54) is 11.3 Å². The van der Waals surface area contributed by atoms with E-state index in [9.17, 15) is 14.7 Å². The number of carbonyl (C=O) groups excluding carboxylic acids is 1. The molecule has 1 fully saturated rings. The number of carboxylic acids is 1. The first kappa shape index (κ1) is 18.5. The molecular formula is C19H16Cl2N2O3S. The third-order valence-corrected chi connectivity index (χ3v) is 6.69. The molecule has 2 N–H and O–H groups in total. The van der Waals surface area contributed by atoms with Gasteiger partial charge in [-0.3, -0.25) is 9.59 Å². The number of aryl methyl sites for hydroxylation is 1. The highest BCUT2D eigenvalue weighted by Crippen LogP contribution is 2.48. The van der Waals surface area contributed by atoms with Crippen LogP contribution in [0.15, 0.2) is 30.4 Å². The van der Waals surface area contributed by atoms with Crippen LogP contribution in [0.1, 0.15) is 11.3 Å². The standard InChI is InChI=1S/C19H16Cl2N2O3S/c1-8-16(12-5-4-11(20)7-13(12)21)22-19(27-8)23-17(24)14-9-2-3-10(6-9)15(14)18(25)26/h2-5,7,9-10,14-15H,6H2,1H3,(H,25,26)(H,22,23,24). The molecule has 5 nitrogen and oxygen atoms in total. The van der Waals surface area contributed by atoms with Gasteiger partial charge in [-0.25, -0.2) is 4.98 Å². The van der Waals surface area contributed by atoms with Gasteiger partial charge < -0.3 is 10.4 Å². The fourth-order valence-corrected chi connectivity index (χ4v) is 5.42. The molecule has 1 heterocycles. The predicted octanol–water partition coefficient (Wildman–Crippen LogP) is 4.89. The van der Waals surface area contributed by atoms with E-state index in [-0.39, 0.29) is 17.7 Å². The van der Waals surface area contributed by atoms with E-state index in [1.54, 1.807) is 18.2 Å². The van der Waals surface area contributed by atoms with E-state index in [2.05, 4.69) is 10.3 Å². The zero-order valence-corrected chi connectivity index (χ0v) is 16.6. The summed E-state index contributed by atoms with van der Waals surface area (Å²) in [4.78, 5) is 29.8. The second-order valence-electron chi connectivity index (χ2n) is 6.88. The first-order valence-corrected chi connectivity index (χ1v) is 10.1. The lowest BCUT2D eigenvalue weighted by Crippen LogP contribution is -2.36. The van der Waals surface area contributed by atoms with E-state index < -0.39 is 17.8 Å². The molecule has 4 rings (SSSR count). The van der Waals surface area contributed by atoms with Gasteiger partial charge in [-0.1, -0.05) is 35.4 Å². The van der Waals surface area contributed by atoms with E-state index in [0.29, 0.717) is 20.9 Å². The topological polar surface area (TPSA) is 79.3 Å². The Balaban J connectivity index is 1.58. The lowest BCUT2D eigenvalue weighted by Gasteiger charge is -2.23. The van der Waals surface area contributed by atoms with Crippen molar-refractivity contribution in [2.24, 2.45) is 23.7 Å². The van der Waals surface area contributed by atoms with Gasteiger partial charge in [0, 0.05) is 15.5 Å². The molecule has 2 bridgehead atoms. The maximum Gasteiger partial charge on any atom is 0.307 e. The Labute approximate surface area is 170 Å². The van der Waals surface area contributed by atoms with Crippen LogP contribution in [0.4, 0.5) is 5.13 Å². The number of amides is 1. The smallest absolute Gasteiger partial charge is 0.307 e. The summed E-state index contributed by atoms with van der Waals surface area (Å²) in [6.07, 6.45) is 4.60. The molecule has 140 valence electrons. The zero-order valence-electron chi connectivity index (χ0n) is 14.3. The molecule has 1 saturated carbocycles. The second kappa shape index (κ2) is 6.93. The molecule has 1 aromatic heterocycles. The Bertz CT molecular complexity index is 972. The van der Waals surface area contributed by atoms with Gasteiger partial charge in [0.1, 0.15) is 0 Å². The molecule has 8 heteroatoms. The van der Waals surface area contributed by atoms with Crippen molar-refractivity contribution in [3.05, 3.63) is 45.3 Å². The number of thiazole rings is 1. The van der Waals surface area contributed by atoms with Crippen LogP contribution in [0.2, 0.25) is 10.0 Å². The summed E-state index contributed by atoms with van der Waals surface area (Å²) in [6, 6.07) is 5.17. The number of aromatic nitrogens is 1. The zero-order chi connectivity index (χ0) is 19.3. The summed E-state index contributed by atoms with van der Waals surface area (Å²) >= 11 is 13.6. The average molecular weight is 423 g/mol. The lowest BCUT2D eigenvalue weighted by atomic mass is 9.82. The van der Waals surface area contributed by atoms with Gasteiger partial charge in [0.25, 0.3) is 0 Å². The number of rotatable bonds is 4. The Kier molecular flexibility index (Phi) is 4.74. The van der Waals surface area contributed by atoms with Crippen LogP contribution in [0.25, 0.3) is 11.3 Å². The minimum Gasteiger partial charge on any atom is -0.481 e. The average Bonchev–Trinajstić information content (AvgIpc) is 3.29. The number of anilines is 1. The molecule has 0 spiro atoms. The number of nitrogens with zero attached hydrogens (tertiary/aromatic N) is 1.